The summed E-state index contributed by atoms with van der Waals surface area (Å²) in [6.07, 6.45) is 3.71. The van der Waals surface area contributed by atoms with Gasteiger partial charge in [-0.15, -0.1) is 0 Å². The van der Waals surface area contributed by atoms with Gasteiger partial charge in [0, 0.05) is 24.4 Å². The zero-order valence-corrected chi connectivity index (χ0v) is 10.2. The topological polar surface area (TPSA) is 30.0 Å². The number of Topliss-reactive ketones (excluding diaryl/α,β-unsaturated/α-hetero) is 1. The Hall–Kier alpha value is -1.67. The molecule has 1 heterocycles. The molecule has 86 valence electrons. The first-order valence-corrected chi connectivity index (χ1v) is 5.73. The Morgan fingerprint density at radius 1 is 1.24 bits per heavy atom. The Labute approximate surface area is 105 Å². The average molecular weight is 246 g/mol. The monoisotopic (exact) mass is 245 g/mol. The lowest BCUT2D eigenvalue weighted by molar-refractivity contribution is 0.0993. The summed E-state index contributed by atoms with van der Waals surface area (Å²) in [5.74, 6) is 0.0323. The molecule has 0 spiro atoms. The van der Waals surface area contributed by atoms with Crippen molar-refractivity contribution in [3.63, 3.8) is 0 Å². The minimum absolute atomic E-state index is 0.0323. The molecule has 0 N–H and O–H groups in total. The third kappa shape index (κ3) is 2.71. The van der Waals surface area contributed by atoms with Gasteiger partial charge in [0.15, 0.2) is 5.78 Å². The summed E-state index contributed by atoms with van der Waals surface area (Å²) < 4.78 is 0. The van der Waals surface area contributed by atoms with Crippen LogP contribution in [0.1, 0.15) is 21.5 Å². The van der Waals surface area contributed by atoms with Gasteiger partial charge in [-0.25, -0.2) is 0 Å². The number of hydrogen-bond donors (Lipinski definition) is 0. The molecule has 0 aliphatic rings. The van der Waals surface area contributed by atoms with Crippen molar-refractivity contribution in [3.05, 3.63) is 64.4 Å². The molecule has 0 bridgehead atoms. The van der Waals surface area contributed by atoms with Crippen LogP contribution >= 0.6 is 11.6 Å². The lowest BCUT2D eigenvalue weighted by Gasteiger charge is -2.05. The maximum atomic E-state index is 12.1. The van der Waals surface area contributed by atoms with E-state index in [0.29, 0.717) is 17.0 Å². The Kier molecular flexibility index (Phi) is 3.55. The molecule has 17 heavy (non-hydrogen) atoms. The number of carbonyl (C=O) groups excluding carboxylic acids is 1. The van der Waals surface area contributed by atoms with Crippen LogP contribution in [0.5, 0.6) is 0 Å². The molecule has 2 rings (SSSR count). The lowest BCUT2D eigenvalue weighted by Crippen LogP contribution is -2.05. The van der Waals surface area contributed by atoms with Crippen LogP contribution in [0.3, 0.4) is 0 Å². The largest absolute Gasteiger partial charge is 0.294 e. The number of pyridine rings is 1. The standard InChI is InChI=1S/C14H12ClNO/c1-10-3-2-4-12(14(10)15)13(17)9-11-5-7-16-8-6-11/h2-8H,9H2,1H3. The summed E-state index contributed by atoms with van der Waals surface area (Å²) in [6, 6.07) is 9.18. The van der Waals surface area contributed by atoms with E-state index in [4.69, 9.17) is 11.6 Å². The van der Waals surface area contributed by atoms with Crippen LogP contribution in [0.4, 0.5) is 0 Å². The minimum Gasteiger partial charge on any atom is -0.294 e. The second kappa shape index (κ2) is 5.11. The molecular weight excluding hydrogens is 234 g/mol. The molecule has 0 aliphatic carbocycles. The van der Waals surface area contributed by atoms with Crippen molar-refractivity contribution in [1.29, 1.82) is 0 Å². The van der Waals surface area contributed by atoms with Crippen LogP contribution in [0, 0.1) is 6.92 Å². The highest BCUT2D eigenvalue weighted by Gasteiger charge is 2.11. The number of rotatable bonds is 3. The summed E-state index contributed by atoms with van der Waals surface area (Å²) in [7, 11) is 0. The summed E-state index contributed by atoms with van der Waals surface area (Å²) >= 11 is 6.12. The van der Waals surface area contributed by atoms with E-state index in [9.17, 15) is 4.79 Å². The maximum Gasteiger partial charge on any atom is 0.168 e. The SMILES string of the molecule is Cc1cccc(C(=O)Cc2ccncc2)c1Cl. The normalized spacial score (nSPS) is 10.2. The lowest BCUT2D eigenvalue weighted by atomic mass is 10.0. The molecule has 0 radical (unpaired) electrons. The van der Waals surface area contributed by atoms with Gasteiger partial charge < -0.3 is 0 Å². The van der Waals surface area contributed by atoms with Gasteiger partial charge in [0.2, 0.25) is 0 Å². The van der Waals surface area contributed by atoms with Crippen LogP contribution in [-0.2, 0) is 6.42 Å². The van der Waals surface area contributed by atoms with E-state index in [1.807, 2.05) is 31.2 Å². The van der Waals surface area contributed by atoms with E-state index in [1.165, 1.54) is 0 Å². The fourth-order valence-corrected chi connectivity index (χ4v) is 1.88. The molecule has 1 aromatic carbocycles. The zero-order chi connectivity index (χ0) is 12.3. The quantitative estimate of drug-likeness (QED) is 0.775. The molecule has 0 saturated heterocycles. The molecule has 2 aromatic rings. The Bertz CT molecular complexity index is 537. The Morgan fingerprint density at radius 3 is 2.65 bits per heavy atom. The number of nitrogens with zero attached hydrogens (tertiary/aromatic N) is 1. The number of carbonyl (C=O) groups is 1. The van der Waals surface area contributed by atoms with Gasteiger partial charge in [0.05, 0.1) is 5.02 Å². The van der Waals surface area contributed by atoms with Gasteiger partial charge in [-0.3, -0.25) is 9.78 Å². The van der Waals surface area contributed by atoms with Gasteiger partial charge in [0.1, 0.15) is 0 Å². The van der Waals surface area contributed by atoms with Crippen molar-refractivity contribution in [3.8, 4) is 0 Å². The summed E-state index contributed by atoms with van der Waals surface area (Å²) in [4.78, 5) is 16.0. The van der Waals surface area contributed by atoms with E-state index in [1.54, 1.807) is 18.5 Å². The molecule has 2 nitrogen and oxygen atoms in total. The van der Waals surface area contributed by atoms with E-state index in [0.717, 1.165) is 11.1 Å². The molecule has 0 aliphatic heterocycles. The van der Waals surface area contributed by atoms with Crippen LogP contribution in [-0.4, -0.2) is 10.8 Å². The number of aryl methyl sites for hydroxylation is 1. The Morgan fingerprint density at radius 2 is 1.94 bits per heavy atom. The molecular formula is C14H12ClNO. The van der Waals surface area contributed by atoms with Crippen molar-refractivity contribution >= 4 is 17.4 Å². The molecule has 0 amide bonds. The van der Waals surface area contributed by atoms with Crippen molar-refractivity contribution in [1.82, 2.24) is 4.98 Å². The minimum atomic E-state index is 0.0323. The number of aromatic nitrogens is 1. The number of benzene rings is 1. The second-order valence-electron chi connectivity index (χ2n) is 3.89. The summed E-state index contributed by atoms with van der Waals surface area (Å²) in [5.41, 5.74) is 2.46. The highest BCUT2D eigenvalue weighted by atomic mass is 35.5. The summed E-state index contributed by atoms with van der Waals surface area (Å²) in [6.45, 7) is 1.89. The zero-order valence-electron chi connectivity index (χ0n) is 9.48. The maximum absolute atomic E-state index is 12.1. The molecule has 3 heteroatoms. The van der Waals surface area contributed by atoms with Crippen LogP contribution in [0.2, 0.25) is 5.02 Å². The first kappa shape index (κ1) is 11.8. The first-order chi connectivity index (χ1) is 8.18. The molecule has 0 atom stereocenters. The van der Waals surface area contributed by atoms with Gasteiger partial charge in [-0.2, -0.15) is 0 Å². The third-order valence-electron chi connectivity index (χ3n) is 2.61. The molecule has 1 aromatic heterocycles. The van der Waals surface area contributed by atoms with Gasteiger partial charge in [-0.05, 0) is 36.2 Å². The number of hydrogen-bond acceptors (Lipinski definition) is 2. The predicted octanol–water partition coefficient (Wildman–Crippen LogP) is 3.47. The van der Waals surface area contributed by atoms with Crippen LogP contribution < -0.4 is 0 Å². The third-order valence-corrected chi connectivity index (χ3v) is 3.11. The molecule has 0 unspecified atom stereocenters. The van der Waals surface area contributed by atoms with Crippen molar-refractivity contribution in [2.75, 3.05) is 0 Å². The Balaban J connectivity index is 2.24. The summed E-state index contributed by atoms with van der Waals surface area (Å²) in [5, 5.41) is 0.548. The van der Waals surface area contributed by atoms with Crippen LogP contribution in [0.15, 0.2) is 42.7 Å². The average Bonchev–Trinajstić information content (AvgIpc) is 2.34. The number of ketones is 1. The number of halogens is 1. The molecule has 0 saturated carbocycles. The predicted molar refractivity (Wildman–Crippen MR) is 68.5 cm³/mol. The molecule has 0 fully saturated rings. The second-order valence-corrected chi connectivity index (χ2v) is 4.27. The highest BCUT2D eigenvalue weighted by Crippen LogP contribution is 2.21. The smallest absolute Gasteiger partial charge is 0.168 e. The van der Waals surface area contributed by atoms with Crippen molar-refractivity contribution < 1.29 is 4.79 Å². The highest BCUT2D eigenvalue weighted by molar-refractivity contribution is 6.34. The fraction of sp³-hybridized carbons (Fsp3) is 0.143. The van der Waals surface area contributed by atoms with E-state index in [2.05, 4.69) is 4.98 Å². The van der Waals surface area contributed by atoms with E-state index < -0.39 is 0 Å². The van der Waals surface area contributed by atoms with Gasteiger partial charge >= 0.3 is 0 Å². The van der Waals surface area contributed by atoms with Crippen molar-refractivity contribution in [2.24, 2.45) is 0 Å². The first-order valence-electron chi connectivity index (χ1n) is 5.35. The van der Waals surface area contributed by atoms with Gasteiger partial charge in [-0.1, -0.05) is 23.7 Å². The van der Waals surface area contributed by atoms with E-state index >= 15 is 0 Å². The van der Waals surface area contributed by atoms with Gasteiger partial charge in [0.25, 0.3) is 0 Å². The fourth-order valence-electron chi connectivity index (χ4n) is 1.64. The van der Waals surface area contributed by atoms with Crippen LogP contribution in [0.25, 0.3) is 0 Å². The van der Waals surface area contributed by atoms with E-state index in [-0.39, 0.29) is 5.78 Å². The van der Waals surface area contributed by atoms with Crippen molar-refractivity contribution in [2.45, 2.75) is 13.3 Å².